The number of rotatable bonds is 3. The first kappa shape index (κ1) is 13.2. The summed E-state index contributed by atoms with van der Waals surface area (Å²) in [6.45, 7) is 8.80. The molecule has 0 amide bonds. The van der Waals surface area contributed by atoms with Crippen LogP contribution < -0.4 is 0 Å². The van der Waals surface area contributed by atoms with Crippen LogP contribution in [0, 0.1) is 0 Å². The highest BCUT2D eigenvalue weighted by Crippen LogP contribution is 2.05. The maximum absolute atomic E-state index is 9.25. The molecule has 80 valence electrons. The first-order valence-corrected chi connectivity index (χ1v) is 4.70. The van der Waals surface area contributed by atoms with Gasteiger partial charge in [-0.1, -0.05) is 50.4 Å². The molecule has 1 rings (SSSR count). The molecule has 15 heavy (non-hydrogen) atoms. The fraction of sp³-hybridized carbons (Fsp3) is 0.154. The van der Waals surface area contributed by atoms with Gasteiger partial charge in [-0.3, -0.25) is 0 Å². The Morgan fingerprint density at radius 3 is 2.07 bits per heavy atom. The van der Waals surface area contributed by atoms with Gasteiger partial charge < -0.3 is 5.11 Å². The Balaban J connectivity index is 0.000000336. The normalized spacial score (nSPS) is 8.33. The Labute approximate surface area is 90.6 Å². The highest BCUT2D eigenvalue weighted by atomic mass is 16.4. The van der Waals surface area contributed by atoms with Crippen LogP contribution in [0.1, 0.15) is 18.1 Å². The lowest BCUT2D eigenvalue weighted by Crippen LogP contribution is -1.82. The highest BCUT2D eigenvalue weighted by molar-refractivity contribution is 5.78. The molecule has 0 spiro atoms. The Morgan fingerprint density at radius 2 is 1.80 bits per heavy atom. The Kier molecular flexibility index (Phi) is 6.64. The molecular formula is C13H16O2. The van der Waals surface area contributed by atoms with Crippen LogP contribution >= 0.6 is 0 Å². The van der Waals surface area contributed by atoms with Crippen molar-refractivity contribution >= 4 is 12.0 Å². The summed E-state index contributed by atoms with van der Waals surface area (Å²) in [4.78, 5) is 9.25. The van der Waals surface area contributed by atoms with E-state index in [1.807, 2.05) is 6.08 Å². The van der Waals surface area contributed by atoms with Gasteiger partial charge in [0.25, 0.3) is 0 Å². The van der Waals surface area contributed by atoms with Gasteiger partial charge in [-0.25, -0.2) is 4.79 Å². The molecule has 0 radical (unpaired) electrons. The topological polar surface area (TPSA) is 37.3 Å². The minimum Gasteiger partial charge on any atom is -0.478 e. The zero-order valence-corrected chi connectivity index (χ0v) is 8.94. The average molecular weight is 204 g/mol. The van der Waals surface area contributed by atoms with Crippen LogP contribution in [0.15, 0.2) is 43.5 Å². The Morgan fingerprint density at radius 1 is 1.33 bits per heavy atom. The monoisotopic (exact) mass is 204 g/mol. The number of carbonyl (C=O) groups is 1. The van der Waals surface area contributed by atoms with Crippen molar-refractivity contribution in [1.82, 2.24) is 0 Å². The second-order valence-electron chi connectivity index (χ2n) is 2.84. The summed E-state index contributed by atoms with van der Waals surface area (Å²) in [5.74, 6) is -0.981. The lowest BCUT2D eigenvalue weighted by molar-refractivity contribution is -0.131. The van der Waals surface area contributed by atoms with Crippen molar-refractivity contribution in [2.75, 3.05) is 0 Å². The minimum absolute atomic E-state index is 0.833. The summed E-state index contributed by atoms with van der Waals surface area (Å²) in [6, 6.07) is 8.45. The number of hydrogen-bond acceptors (Lipinski definition) is 1. The van der Waals surface area contributed by atoms with E-state index in [-0.39, 0.29) is 0 Å². The number of aliphatic carboxylic acids is 1. The van der Waals surface area contributed by atoms with Gasteiger partial charge in [0, 0.05) is 6.08 Å². The van der Waals surface area contributed by atoms with Gasteiger partial charge in [0.05, 0.1) is 0 Å². The summed E-state index contributed by atoms with van der Waals surface area (Å²) >= 11 is 0. The molecule has 0 aromatic heterocycles. The molecule has 1 aromatic carbocycles. The molecule has 0 aliphatic rings. The van der Waals surface area contributed by atoms with Crippen molar-refractivity contribution in [3.63, 3.8) is 0 Å². The van der Waals surface area contributed by atoms with E-state index in [0.717, 1.165) is 12.5 Å². The summed E-state index contributed by atoms with van der Waals surface area (Å²) in [6.07, 6.45) is 3.80. The minimum atomic E-state index is -0.981. The predicted molar refractivity (Wildman–Crippen MR) is 63.7 cm³/mol. The van der Waals surface area contributed by atoms with Crippen molar-refractivity contribution in [3.8, 4) is 0 Å². The lowest BCUT2D eigenvalue weighted by Gasteiger charge is -1.95. The van der Waals surface area contributed by atoms with Gasteiger partial charge >= 0.3 is 5.97 Å². The standard InChI is InChI=1S/C10H12.C3H4O2/c1-3-9-5-7-10(4-2)8-6-9;1-2-3(4)5/h3,5-8H,1,4H2,2H3;2H,1H2,(H,4,5). The average Bonchev–Trinajstić information content (AvgIpc) is 2.30. The van der Waals surface area contributed by atoms with E-state index in [1.165, 1.54) is 11.1 Å². The van der Waals surface area contributed by atoms with Crippen LogP contribution in [0.4, 0.5) is 0 Å². The van der Waals surface area contributed by atoms with Crippen molar-refractivity contribution in [3.05, 3.63) is 54.6 Å². The first-order chi connectivity index (χ1) is 7.13. The summed E-state index contributed by atoms with van der Waals surface area (Å²) in [5, 5.41) is 7.60. The fourth-order valence-electron chi connectivity index (χ4n) is 0.889. The second kappa shape index (κ2) is 7.56. The van der Waals surface area contributed by atoms with Crippen molar-refractivity contribution in [2.24, 2.45) is 0 Å². The second-order valence-corrected chi connectivity index (χ2v) is 2.84. The molecule has 0 saturated carbocycles. The van der Waals surface area contributed by atoms with Gasteiger partial charge in [0.1, 0.15) is 0 Å². The third-order valence-corrected chi connectivity index (χ3v) is 1.80. The highest BCUT2D eigenvalue weighted by Gasteiger charge is 1.86. The zero-order valence-electron chi connectivity index (χ0n) is 8.94. The third-order valence-electron chi connectivity index (χ3n) is 1.80. The summed E-state index contributed by atoms with van der Waals surface area (Å²) in [5.41, 5.74) is 2.57. The number of carboxylic acid groups (broad SMARTS) is 1. The molecule has 0 aliphatic heterocycles. The maximum atomic E-state index is 9.25. The van der Waals surface area contributed by atoms with Gasteiger partial charge in [-0.15, -0.1) is 0 Å². The van der Waals surface area contributed by atoms with Gasteiger partial charge in [-0.05, 0) is 17.5 Å². The van der Waals surface area contributed by atoms with E-state index in [0.29, 0.717) is 0 Å². The SMILES string of the molecule is C=CC(=O)O.C=Cc1ccc(CC)cc1. The molecule has 1 aromatic rings. The number of hydrogen-bond donors (Lipinski definition) is 1. The predicted octanol–water partition coefficient (Wildman–Crippen LogP) is 3.15. The van der Waals surface area contributed by atoms with E-state index >= 15 is 0 Å². The first-order valence-electron chi connectivity index (χ1n) is 4.70. The summed E-state index contributed by atoms with van der Waals surface area (Å²) < 4.78 is 0. The molecule has 2 heteroatoms. The van der Waals surface area contributed by atoms with Crippen LogP contribution in [0.25, 0.3) is 6.08 Å². The van der Waals surface area contributed by atoms with Crippen LogP contribution in [-0.2, 0) is 11.2 Å². The molecule has 0 fully saturated rings. The van der Waals surface area contributed by atoms with Crippen molar-refractivity contribution in [2.45, 2.75) is 13.3 Å². The molecular weight excluding hydrogens is 188 g/mol. The van der Waals surface area contributed by atoms with E-state index < -0.39 is 5.97 Å². The number of carboxylic acids is 1. The molecule has 1 N–H and O–H groups in total. The van der Waals surface area contributed by atoms with Gasteiger partial charge in [0.2, 0.25) is 0 Å². The quantitative estimate of drug-likeness (QED) is 0.768. The largest absolute Gasteiger partial charge is 0.478 e. The summed E-state index contributed by atoms with van der Waals surface area (Å²) in [7, 11) is 0. The number of aryl methyl sites for hydroxylation is 1. The molecule has 0 bridgehead atoms. The van der Waals surface area contributed by atoms with E-state index in [4.69, 9.17) is 5.11 Å². The molecule has 0 atom stereocenters. The van der Waals surface area contributed by atoms with Gasteiger partial charge in [0.15, 0.2) is 0 Å². The smallest absolute Gasteiger partial charge is 0.327 e. The van der Waals surface area contributed by atoms with E-state index in [9.17, 15) is 4.79 Å². The van der Waals surface area contributed by atoms with Crippen LogP contribution in [0.5, 0.6) is 0 Å². The van der Waals surface area contributed by atoms with Crippen molar-refractivity contribution in [1.29, 1.82) is 0 Å². The lowest BCUT2D eigenvalue weighted by atomic mass is 10.1. The molecule has 0 saturated heterocycles. The molecule has 2 nitrogen and oxygen atoms in total. The Bertz CT molecular complexity index is 323. The fourth-order valence-corrected chi connectivity index (χ4v) is 0.889. The van der Waals surface area contributed by atoms with E-state index in [1.54, 1.807) is 0 Å². The maximum Gasteiger partial charge on any atom is 0.327 e. The molecule has 0 heterocycles. The molecule has 0 aliphatic carbocycles. The van der Waals surface area contributed by atoms with E-state index in [2.05, 4.69) is 44.3 Å². The van der Waals surface area contributed by atoms with Crippen molar-refractivity contribution < 1.29 is 9.90 Å². The van der Waals surface area contributed by atoms with Crippen LogP contribution in [0.3, 0.4) is 0 Å². The zero-order chi connectivity index (χ0) is 11.7. The van der Waals surface area contributed by atoms with Crippen LogP contribution in [0.2, 0.25) is 0 Å². The van der Waals surface area contributed by atoms with Gasteiger partial charge in [-0.2, -0.15) is 0 Å². The molecule has 0 unspecified atom stereocenters. The number of benzene rings is 1. The third kappa shape index (κ3) is 6.27. The Hall–Kier alpha value is -1.83. The van der Waals surface area contributed by atoms with Crippen LogP contribution in [-0.4, -0.2) is 11.1 Å².